The van der Waals surface area contributed by atoms with Crippen molar-refractivity contribution in [2.75, 3.05) is 0 Å². The monoisotopic (exact) mass is 145 g/mol. The zero-order valence-corrected chi connectivity index (χ0v) is 5.90. The van der Waals surface area contributed by atoms with E-state index in [2.05, 4.69) is 11.1 Å². The Bertz CT molecular complexity index is 292. The van der Waals surface area contributed by atoms with Crippen LogP contribution in [0.25, 0.3) is 11.1 Å². The Balaban J connectivity index is 2.69. The SMILES string of the molecule is [O-][N+]#C/C=C/c1ccccc1. The summed E-state index contributed by atoms with van der Waals surface area (Å²) in [6.45, 7) is 0. The Hall–Kier alpha value is -1.75. The highest BCUT2D eigenvalue weighted by molar-refractivity contribution is 5.51. The summed E-state index contributed by atoms with van der Waals surface area (Å²) in [5.41, 5.74) is 1.03. The topological polar surface area (TPSA) is 27.4 Å². The highest BCUT2D eigenvalue weighted by atomic mass is 16.4. The predicted molar refractivity (Wildman–Crippen MR) is 46.1 cm³/mol. The molecule has 1 aromatic rings. The zero-order valence-electron chi connectivity index (χ0n) is 5.90. The smallest absolute Gasteiger partial charge is 0.328 e. The van der Waals surface area contributed by atoms with Crippen LogP contribution in [0.2, 0.25) is 0 Å². The van der Waals surface area contributed by atoms with Crippen LogP contribution in [-0.4, -0.2) is 0 Å². The molecule has 0 bridgehead atoms. The summed E-state index contributed by atoms with van der Waals surface area (Å²) in [7, 11) is 0. The molecule has 54 valence electrons. The van der Waals surface area contributed by atoms with Crippen LogP contribution in [0.4, 0.5) is 0 Å². The summed E-state index contributed by atoms with van der Waals surface area (Å²) in [6.07, 6.45) is 3.25. The van der Waals surface area contributed by atoms with Crippen LogP contribution in [0.15, 0.2) is 36.4 Å². The summed E-state index contributed by atoms with van der Waals surface area (Å²) in [4.78, 5) is 0. The average molecular weight is 145 g/mol. The van der Waals surface area contributed by atoms with Crippen molar-refractivity contribution in [2.24, 2.45) is 0 Å². The van der Waals surface area contributed by atoms with Crippen molar-refractivity contribution >= 4 is 6.08 Å². The standard InChI is InChI=1S/C9H7NO/c11-10-8-4-7-9-5-2-1-3-6-9/h1-7H/b7-4+. The van der Waals surface area contributed by atoms with E-state index in [0.717, 1.165) is 5.56 Å². The Morgan fingerprint density at radius 2 is 2.00 bits per heavy atom. The highest BCUT2D eigenvalue weighted by Gasteiger charge is 1.80. The van der Waals surface area contributed by atoms with E-state index in [1.807, 2.05) is 30.3 Å². The third kappa shape index (κ3) is 2.55. The van der Waals surface area contributed by atoms with Crippen molar-refractivity contribution in [3.05, 3.63) is 52.2 Å². The number of benzene rings is 1. The van der Waals surface area contributed by atoms with Gasteiger partial charge in [-0.1, -0.05) is 30.3 Å². The van der Waals surface area contributed by atoms with Gasteiger partial charge in [-0.2, -0.15) is 0 Å². The first-order valence-corrected chi connectivity index (χ1v) is 3.23. The fraction of sp³-hybridized carbons (Fsp3) is 0. The molecule has 0 heterocycles. The number of hydrogen-bond acceptors (Lipinski definition) is 1. The molecule has 0 aliphatic rings. The van der Waals surface area contributed by atoms with E-state index in [0.29, 0.717) is 0 Å². The molecule has 11 heavy (non-hydrogen) atoms. The number of rotatable bonds is 1. The zero-order chi connectivity index (χ0) is 7.94. The molecule has 0 atom stereocenters. The molecular weight excluding hydrogens is 138 g/mol. The fourth-order valence-electron chi connectivity index (χ4n) is 0.728. The maximum absolute atomic E-state index is 9.58. The molecule has 0 saturated heterocycles. The minimum atomic E-state index is 1.03. The van der Waals surface area contributed by atoms with Crippen LogP contribution in [-0.2, 0) is 0 Å². The maximum atomic E-state index is 9.58. The molecule has 0 N–H and O–H groups in total. The van der Waals surface area contributed by atoms with Gasteiger partial charge in [0.2, 0.25) is 0 Å². The summed E-state index contributed by atoms with van der Waals surface area (Å²) in [5, 5.41) is 12.0. The highest BCUT2D eigenvalue weighted by Crippen LogP contribution is 1.99. The quantitative estimate of drug-likeness (QED) is 0.440. The lowest BCUT2D eigenvalue weighted by Gasteiger charge is -1.85. The first-order valence-electron chi connectivity index (χ1n) is 3.23. The van der Waals surface area contributed by atoms with E-state index in [1.54, 1.807) is 6.08 Å². The third-order valence-corrected chi connectivity index (χ3v) is 1.20. The molecule has 0 amide bonds. The molecule has 0 aliphatic heterocycles. The Morgan fingerprint density at radius 1 is 1.27 bits per heavy atom. The average Bonchev–Trinajstić information content (AvgIpc) is 2.07. The van der Waals surface area contributed by atoms with Crippen LogP contribution in [0, 0.1) is 11.3 Å². The lowest BCUT2D eigenvalue weighted by molar-refractivity contribution is 1.66. The van der Waals surface area contributed by atoms with E-state index < -0.39 is 0 Å². The van der Waals surface area contributed by atoms with Crippen molar-refractivity contribution < 1.29 is 0 Å². The Labute approximate surface area is 65.2 Å². The van der Waals surface area contributed by atoms with Crippen molar-refractivity contribution in [3.8, 4) is 6.07 Å². The second kappa shape index (κ2) is 4.13. The second-order valence-corrected chi connectivity index (χ2v) is 1.96. The van der Waals surface area contributed by atoms with Crippen LogP contribution in [0.5, 0.6) is 0 Å². The lowest BCUT2D eigenvalue weighted by Crippen LogP contribution is -1.66. The largest absolute Gasteiger partial charge is 0.498 e. The van der Waals surface area contributed by atoms with Gasteiger partial charge in [0.25, 0.3) is 0 Å². The predicted octanol–water partition coefficient (Wildman–Crippen LogP) is 2.53. The van der Waals surface area contributed by atoms with E-state index >= 15 is 0 Å². The molecule has 0 spiro atoms. The lowest BCUT2D eigenvalue weighted by atomic mass is 10.2. The van der Waals surface area contributed by atoms with Gasteiger partial charge in [-0.05, 0) is 11.6 Å². The number of nitrogens with zero attached hydrogens (tertiary/aromatic N) is 1. The van der Waals surface area contributed by atoms with Gasteiger partial charge >= 0.3 is 6.07 Å². The van der Waals surface area contributed by atoms with Crippen LogP contribution >= 0.6 is 0 Å². The Kier molecular flexibility index (Phi) is 2.76. The van der Waals surface area contributed by atoms with E-state index in [4.69, 9.17) is 0 Å². The molecule has 0 radical (unpaired) electrons. The molecule has 2 nitrogen and oxygen atoms in total. The second-order valence-electron chi connectivity index (χ2n) is 1.96. The van der Waals surface area contributed by atoms with Crippen LogP contribution in [0.1, 0.15) is 5.56 Å². The third-order valence-electron chi connectivity index (χ3n) is 1.20. The maximum Gasteiger partial charge on any atom is 0.328 e. The minimum Gasteiger partial charge on any atom is -0.498 e. The molecule has 2 heteroatoms. The summed E-state index contributed by atoms with van der Waals surface area (Å²) >= 11 is 0. The Morgan fingerprint density at radius 3 is 2.64 bits per heavy atom. The van der Waals surface area contributed by atoms with Gasteiger partial charge in [-0.15, -0.1) is 0 Å². The summed E-state index contributed by atoms with van der Waals surface area (Å²) < 4.78 is 0. The number of allylic oxidation sites excluding steroid dienone is 1. The molecular formula is C9H7NO. The van der Waals surface area contributed by atoms with Gasteiger partial charge in [0, 0.05) is 5.01 Å². The number of hydrogen-bond donors (Lipinski definition) is 0. The normalized spacial score (nSPS) is 9.09. The van der Waals surface area contributed by atoms with E-state index in [1.165, 1.54) is 6.08 Å². The minimum absolute atomic E-state index is 1.03. The summed E-state index contributed by atoms with van der Waals surface area (Å²) in [5.74, 6) is 0. The molecule has 0 saturated carbocycles. The molecule has 0 unspecified atom stereocenters. The van der Waals surface area contributed by atoms with Gasteiger partial charge in [-0.25, -0.2) is 0 Å². The molecule has 0 fully saturated rings. The first-order chi connectivity index (χ1) is 5.43. The van der Waals surface area contributed by atoms with Gasteiger partial charge in [0.05, 0.1) is 6.08 Å². The molecule has 0 aromatic heterocycles. The molecule has 1 rings (SSSR count). The van der Waals surface area contributed by atoms with Crippen molar-refractivity contribution in [3.63, 3.8) is 0 Å². The van der Waals surface area contributed by atoms with Crippen LogP contribution in [0.3, 0.4) is 0 Å². The summed E-state index contributed by atoms with van der Waals surface area (Å²) in [6, 6.07) is 11.8. The van der Waals surface area contributed by atoms with E-state index in [9.17, 15) is 5.21 Å². The van der Waals surface area contributed by atoms with E-state index in [-0.39, 0.29) is 0 Å². The molecule has 1 aromatic carbocycles. The van der Waals surface area contributed by atoms with Crippen molar-refractivity contribution in [2.45, 2.75) is 0 Å². The first kappa shape index (κ1) is 7.36. The van der Waals surface area contributed by atoms with Gasteiger partial charge in [0.15, 0.2) is 0 Å². The van der Waals surface area contributed by atoms with Crippen molar-refractivity contribution in [1.82, 2.24) is 0 Å². The van der Waals surface area contributed by atoms with Gasteiger partial charge in [0.1, 0.15) is 0 Å². The van der Waals surface area contributed by atoms with Gasteiger partial charge < -0.3 is 5.21 Å². The molecule has 0 aliphatic carbocycles. The van der Waals surface area contributed by atoms with Crippen LogP contribution < -0.4 is 0 Å². The van der Waals surface area contributed by atoms with Gasteiger partial charge in [-0.3, -0.25) is 0 Å². The fourth-order valence-corrected chi connectivity index (χ4v) is 0.728. The van der Waals surface area contributed by atoms with Crippen molar-refractivity contribution in [1.29, 1.82) is 0 Å².